The maximum Gasteiger partial charge on any atom is 0.164 e. The number of halogens is 1. The van der Waals surface area contributed by atoms with E-state index in [0.29, 0.717) is 0 Å². The molecule has 4 heteroatoms. The van der Waals surface area contributed by atoms with Crippen LogP contribution in [0.25, 0.3) is 5.57 Å². The summed E-state index contributed by atoms with van der Waals surface area (Å²) in [6, 6.07) is 6.61. The van der Waals surface area contributed by atoms with E-state index < -0.39 is 5.79 Å². The molecule has 2 fully saturated rings. The molecule has 1 aromatic rings. The standard InChI is InChI=1S/C16H17FO3/c1-16(2)19-14-12-7-10(8-13(18-12)15(14)20-16)9-3-5-11(17)6-4-9/h3-7,12-15H,8H2,1-2H3/t12-,13+,14-,15+/m0/s1. The Morgan fingerprint density at radius 3 is 2.55 bits per heavy atom. The first-order valence-corrected chi connectivity index (χ1v) is 7.00. The number of benzene rings is 1. The van der Waals surface area contributed by atoms with Crippen molar-refractivity contribution in [3.8, 4) is 0 Å². The minimum Gasteiger partial charge on any atom is -0.365 e. The molecule has 0 aliphatic carbocycles. The highest BCUT2D eigenvalue weighted by Gasteiger charge is 2.56. The Labute approximate surface area is 117 Å². The highest BCUT2D eigenvalue weighted by molar-refractivity contribution is 5.68. The smallest absolute Gasteiger partial charge is 0.164 e. The van der Waals surface area contributed by atoms with Crippen molar-refractivity contribution in [3.05, 3.63) is 41.7 Å². The molecule has 2 bridgehead atoms. The highest BCUT2D eigenvalue weighted by Crippen LogP contribution is 2.45. The van der Waals surface area contributed by atoms with Gasteiger partial charge in [-0.2, -0.15) is 0 Å². The largest absolute Gasteiger partial charge is 0.365 e. The van der Waals surface area contributed by atoms with Gasteiger partial charge in [0.25, 0.3) is 0 Å². The summed E-state index contributed by atoms with van der Waals surface area (Å²) >= 11 is 0. The molecule has 20 heavy (non-hydrogen) atoms. The Morgan fingerprint density at radius 2 is 1.80 bits per heavy atom. The summed E-state index contributed by atoms with van der Waals surface area (Å²) in [6.07, 6.45) is 2.79. The summed E-state index contributed by atoms with van der Waals surface area (Å²) in [5.41, 5.74) is 2.23. The monoisotopic (exact) mass is 276 g/mol. The fourth-order valence-electron chi connectivity index (χ4n) is 3.38. The van der Waals surface area contributed by atoms with E-state index in [1.54, 1.807) is 0 Å². The summed E-state index contributed by atoms with van der Waals surface area (Å²) in [5.74, 6) is -0.744. The normalized spacial score (nSPS) is 37.6. The Bertz CT molecular complexity index is 564. The van der Waals surface area contributed by atoms with E-state index in [-0.39, 0.29) is 30.2 Å². The molecular weight excluding hydrogens is 259 g/mol. The SMILES string of the molecule is CC1(C)O[C@@H]2[C@H](O1)[C@H]1CC(c3ccc(F)cc3)=C[C@@H]2O1. The van der Waals surface area contributed by atoms with Gasteiger partial charge in [-0.25, -0.2) is 4.39 Å². The van der Waals surface area contributed by atoms with E-state index in [0.717, 1.165) is 12.0 Å². The van der Waals surface area contributed by atoms with E-state index >= 15 is 0 Å². The van der Waals surface area contributed by atoms with Gasteiger partial charge in [0.2, 0.25) is 0 Å². The van der Waals surface area contributed by atoms with Crippen molar-refractivity contribution in [2.24, 2.45) is 0 Å². The second-order valence-corrected chi connectivity index (χ2v) is 6.11. The summed E-state index contributed by atoms with van der Waals surface area (Å²) in [7, 11) is 0. The van der Waals surface area contributed by atoms with E-state index in [1.165, 1.54) is 17.7 Å². The zero-order valence-electron chi connectivity index (χ0n) is 11.5. The number of rotatable bonds is 1. The number of hydrogen-bond acceptors (Lipinski definition) is 3. The molecule has 4 atom stereocenters. The molecule has 3 aliphatic rings. The number of fused-ring (bicyclic) bond motifs is 5. The van der Waals surface area contributed by atoms with Crippen LogP contribution in [0.15, 0.2) is 30.3 Å². The van der Waals surface area contributed by atoms with Crippen LogP contribution in [0, 0.1) is 5.82 Å². The Morgan fingerprint density at radius 1 is 1.10 bits per heavy atom. The molecule has 0 aromatic heterocycles. The van der Waals surface area contributed by atoms with Gasteiger partial charge in [0.15, 0.2) is 5.79 Å². The van der Waals surface area contributed by atoms with Crippen molar-refractivity contribution in [2.75, 3.05) is 0 Å². The molecule has 0 N–H and O–H groups in total. The molecule has 3 nitrogen and oxygen atoms in total. The molecule has 3 aliphatic heterocycles. The Kier molecular flexibility index (Phi) is 2.58. The second-order valence-electron chi connectivity index (χ2n) is 6.11. The minimum atomic E-state index is -0.531. The molecule has 4 rings (SSSR count). The third kappa shape index (κ3) is 1.91. The summed E-state index contributed by atoms with van der Waals surface area (Å²) < 4.78 is 30.8. The predicted molar refractivity (Wildman–Crippen MR) is 71.5 cm³/mol. The molecule has 0 saturated carbocycles. The van der Waals surface area contributed by atoms with Gasteiger partial charge in [-0.3, -0.25) is 0 Å². The van der Waals surface area contributed by atoms with Crippen LogP contribution in [0.1, 0.15) is 25.8 Å². The molecule has 3 heterocycles. The molecule has 0 spiro atoms. The first kappa shape index (κ1) is 12.5. The zero-order chi connectivity index (χ0) is 13.9. The van der Waals surface area contributed by atoms with Gasteiger partial charge in [0, 0.05) is 6.42 Å². The molecule has 0 unspecified atom stereocenters. The third-order valence-corrected chi connectivity index (χ3v) is 4.19. The van der Waals surface area contributed by atoms with Crippen LogP contribution in [-0.4, -0.2) is 30.2 Å². The van der Waals surface area contributed by atoms with Crippen molar-refractivity contribution in [2.45, 2.75) is 50.5 Å². The number of ether oxygens (including phenoxy) is 3. The summed E-state index contributed by atoms with van der Waals surface area (Å²) in [4.78, 5) is 0. The van der Waals surface area contributed by atoms with Crippen molar-refractivity contribution in [1.82, 2.24) is 0 Å². The van der Waals surface area contributed by atoms with E-state index in [9.17, 15) is 4.39 Å². The van der Waals surface area contributed by atoms with E-state index in [1.807, 2.05) is 26.0 Å². The lowest BCUT2D eigenvalue weighted by Crippen LogP contribution is -2.30. The zero-order valence-corrected chi connectivity index (χ0v) is 11.5. The predicted octanol–water partition coefficient (Wildman–Crippen LogP) is 2.90. The first-order valence-electron chi connectivity index (χ1n) is 7.00. The molecule has 0 amide bonds. The third-order valence-electron chi connectivity index (χ3n) is 4.19. The Balaban J connectivity index is 1.63. The van der Waals surface area contributed by atoms with E-state index in [2.05, 4.69) is 6.08 Å². The first-order chi connectivity index (χ1) is 9.52. The maximum atomic E-state index is 13.0. The van der Waals surface area contributed by atoms with Crippen LogP contribution < -0.4 is 0 Å². The lowest BCUT2D eigenvalue weighted by atomic mass is 9.98. The molecule has 0 radical (unpaired) electrons. The quantitative estimate of drug-likeness (QED) is 0.789. The van der Waals surface area contributed by atoms with Gasteiger partial charge in [-0.15, -0.1) is 0 Å². The minimum absolute atomic E-state index is 0.0100. The molecule has 1 aromatic carbocycles. The second kappa shape index (κ2) is 4.13. The van der Waals surface area contributed by atoms with Crippen LogP contribution in [0.2, 0.25) is 0 Å². The van der Waals surface area contributed by atoms with Crippen molar-refractivity contribution < 1.29 is 18.6 Å². The van der Waals surface area contributed by atoms with Gasteiger partial charge in [0.05, 0.1) is 6.10 Å². The van der Waals surface area contributed by atoms with E-state index in [4.69, 9.17) is 14.2 Å². The average molecular weight is 276 g/mol. The van der Waals surface area contributed by atoms with Gasteiger partial charge < -0.3 is 14.2 Å². The van der Waals surface area contributed by atoms with Gasteiger partial charge in [-0.1, -0.05) is 12.1 Å². The summed E-state index contributed by atoms with van der Waals surface area (Å²) in [5, 5.41) is 0. The van der Waals surface area contributed by atoms with Crippen LogP contribution in [0.5, 0.6) is 0 Å². The Hall–Kier alpha value is -1.23. The molecule has 106 valence electrons. The van der Waals surface area contributed by atoms with Crippen molar-refractivity contribution in [1.29, 1.82) is 0 Å². The van der Waals surface area contributed by atoms with Crippen LogP contribution >= 0.6 is 0 Å². The maximum absolute atomic E-state index is 13.0. The average Bonchev–Trinajstić information content (AvgIpc) is 2.84. The van der Waals surface area contributed by atoms with Crippen molar-refractivity contribution >= 4 is 5.57 Å². The lowest BCUT2D eigenvalue weighted by Gasteiger charge is -2.27. The van der Waals surface area contributed by atoms with Crippen LogP contribution in [-0.2, 0) is 14.2 Å². The highest BCUT2D eigenvalue weighted by atomic mass is 19.1. The molecule has 2 saturated heterocycles. The van der Waals surface area contributed by atoms with Gasteiger partial charge in [-0.05, 0) is 43.2 Å². The van der Waals surface area contributed by atoms with Gasteiger partial charge in [0.1, 0.15) is 24.1 Å². The molecular formula is C16H17FO3. The number of hydrogen-bond donors (Lipinski definition) is 0. The fourth-order valence-corrected chi connectivity index (χ4v) is 3.38. The van der Waals surface area contributed by atoms with Crippen LogP contribution in [0.3, 0.4) is 0 Å². The van der Waals surface area contributed by atoms with Gasteiger partial charge >= 0.3 is 0 Å². The lowest BCUT2D eigenvalue weighted by molar-refractivity contribution is -0.182. The summed E-state index contributed by atoms with van der Waals surface area (Å²) in [6.45, 7) is 3.87. The van der Waals surface area contributed by atoms with Crippen molar-refractivity contribution in [3.63, 3.8) is 0 Å². The topological polar surface area (TPSA) is 27.7 Å². The fraction of sp³-hybridized carbons (Fsp3) is 0.500. The van der Waals surface area contributed by atoms with Crippen LogP contribution in [0.4, 0.5) is 4.39 Å².